The number of rotatable bonds is 4. The molecule has 11 heavy (non-hydrogen) atoms. The summed E-state index contributed by atoms with van der Waals surface area (Å²) in [6, 6.07) is 0. The quantitative estimate of drug-likeness (QED) is 0.508. The zero-order valence-electron chi connectivity index (χ0n) is 8.28. The van der Waals surface area contributed by atoms with Crippen molar-refractivity contribution in [3.8, 4) is 0 Å². The average molecular weight is 175 g/mol. The molecule has 0 bridgehead atoms. The lowest BCUT2D eigenvalue weighted by atomic mass is 10.1. The molecule has 0 amide bonds. The Morgan fingerprint density at radius 3 is 1.82 bits per heavy atom. The maximum Gasteiger partial charge on any atom is 0.198 e. The standard InChI is InChI=1S/C7H21N3Si/c1-7(2,3)10-6-11(8-4)9-5/h8-11H,6H2,1-5H3. The van der Waals surface area contributed by atoms with E-state index in [1.54, 1.807) is 0 Å². The van der Waals surface area contributed by atoms with Crippen molar-refractivity contribution in [3.05, 3.63) is 0 Å². The van der Waals surface area contributed by atoms with Crippen LogP contribution in [-0.4, -0.2) is 34.9 Å². The Kier molecular flexibility index (Phi) is 4.91. The van der Waals surface area contributed by atoms with Gasteiger partial charge in [0.1, 0.15) is 0 Å². The van der Waals surface area contributed by atoms with E-state index in [1.165, 1.54) is 0 Å². The van der Waals surface area contributed by atoms with Crippen LogP contribution in [0.1, 0.15) is 20.8 Å². The molecule has 0 atom stereocenters. The number of nitrogens with one attached hydrogen (secondary N) is 3. The molecule has 0 saturated heterocycles. The summed E-state index contributed by atoms with van der Waals surface area (Å²) >= 11 is 0. The number of hydrogen-bond donors (Lipinski definition) is 3. The summed E-state index contributed by atoms with van der Waals surface area (Å²) in [7, 11) is 3.12. The van der Waals surface area contributed by atoms with Crippen molar-refractivity contribution in [3.63, 3.8) is 0 Å². The van der Waals surface area contributed by atoms with Gasteiger partial charge in [0.05, 0.1) is 0 Å². The van der Waals surface area contributed by atoms with Crippen molar-refractivity contribution in [2.45, 2.75) is 26.3 Å². The lowest BCUT2D eigenvalue weighted by molar-refractivity contribution is 0.455. The van der Waals surface area contributed by atoms with Crippen molar-refractivity contribution < 1.29 is 0 Å². The fraction of sp³-hybridized carbons (Fsp3) is 1.00. The van der Waals surface area contributed by atoms with Crippen molar-refractivity contribution in [1.29, 1.82) is 0 Å². The molecular weight excluding hydrogens is 154 g/mol. The molecule has 0 saturated carbocycles. The van der Waals surface area contributed by atoms with Crippen LogP contribution in [0.3, 0.4) is 0 Å². The summed E-state index contributed by atoms with van der Waals surface area (Å²) in [6.45, 7) is 6.55. The topological polar surface area (TPSA) is 36.1 Å². The molecule has 0 aliphatic heterocycles. The second kappa shape index (κ2) is 4.87. The SMILES string of the molecule is CN[SiH](CNC(C)(C)C)NC. The van der Waals surface area contributed by atoms with Crippen molar-refractivity contribution in [2.24, 2.45) is 0 Å². The predicted octanol–water partition coefficient (Wildman–Crippen LogP) is -0.427. The van der Waals surface area contributed by atoms with E-state index in [-0.39, 0.29) is 5.54 Å². The Morgan fingerprint density at radius 2 is 1.55 bits per heavy atom. The van der Waals surface area contributed by atoms with Crippen LogP contribution in [0.2, 0.25) is 0 Å². The van der Waals surface area contributed by atoms with Gasteiger partial charge in [0, 0.05) is 11.7 Å². The summed E-state index contributed by atoms with van der Waals surface area (Å²) in [5, 5.41) is 3.46. The normalized spacial score (nSPS) is 12.5. The van der Waals surface area contributed by atoms with Gasteiger partial charge in [0.15, 0.2) is 9.12 Å². The Labute approximate surface area is 71.7 Å². The highest BCUT2D eigenvalue weighted by molar-refractivity contribution is 6.53. The molecule has 0 aliphatic carbocycles. The maximum absolute atomic E-state index is 3.46. The first-order valence-corrected chi connectivity index (χ1v) is 6.06. The van der Waals surface area contributed by atoms with Gasteiger partial charge in [-0.1, -0.05) is 0 Å². The third kappa shape index (κ3) is 6.49. The van der Waals surface area contributed by atoms with E-state index in [2.05, 4.69) is 36.1 Å². The highest BCUT2D eigenvalue weighted by Gasteiger charge is 2.12. The molecule has 0 aromatic heterocycles. The van der Waals surface area contributed by atoms with Crippen LogP contribution in [-0.2, 0) is 0 Å². The first kappa shape index (κ1) is 11.1. The second-order valence-electron chi connectivity index (χ2n) is 3.76. The van der Waals surface area contributed by atoms with E-state index in [0.29, 0.717) is 0 Å². The van der Waals surface area contributed by atoms with Crippen LogP contribution < -0.4 is 15.3 Å². The Hall–Kier alpha value is 0.0969. The van der Waals surface area contributed by atoms with Crippen LogP contribution in [0.25, 0.3) is 0 Å². The fourth-order valence-corrected chi connectivity index (χ4v) is 2.27. The molecule has 4 heteroatoms. The molecule has 3 nitrogen and oxygen atoms in total. The van der Waals surface area contributed by atoms with Crippen LogP contribution in [0.4, 0.5) is 0 Å². The summed E-state index contributed by atoms with van der Waals surface area (Å²) in [4.78, 5) is 6.58. The average Bonchev–Trinajstić information content (AvgIpc) is 1.88. The van der Waals surface area contributed by atoms with Crippen LogP contribution >= 0.6 is 0 Å². The minimum absolute atomic E-state index is 0.235. The third-order valence-corrected chi connectivity index (χ3v) is 3.54. The molecular formula is C7H21N3Si. The van der Waals surface area contributed by atoms with Crippen LogP contribution in [0.15, 0.2) is 0 Å². The van der Waals surface area contributed by atoms with Gasteiger partial charge in [0.2, 0.25) is 0 Å². The smallest absolute Gasteiger partial charge is 0.198 e. The summed E-state index contributed by atoms with van der Waals surface area (Å²) < 4.78 is 0. The van der Waals surface area contributed by atoms with Gasteiger partial charge in [-0.3, -0.25) is 0 Å². The highest BCUT2D eigenvalue weighted by Crippen LogP contribution is 1.96. The van der Waals surface area contributed by atoms with E-state index in [9.17, 15) is 0 Å². The molecule has 0 aromatic carbocycles. The van der Waals surface area contributed by atoms with Gasteiger partial charge in [-0.05, 0) is 34.9 Å². The monoisotopic (exact) mass is 175 g/mol. The van der Waals surface area contributed by atoms with E-state index < -0.39 is 9.12 Å². The summed E-state index contributed by atoms with van der Waals surface area (Å²) in [5.41, 5.74) is 0.235. The molecule has 0 aliphatic rings. The molecule has 3 N–H and O–H groups in total. The highest BCUT2D eigenvalue weighted by atomic mass is 28.3. The molecule has 0 fully saturated rings. The van der Waals surface area contributed by atoms with E-state index >= 15 is 0 Å². The van der Waals surface area contributed by atoms with Gasteiger partial charge in [0.25, 0.3) is 0 Å². The molecule has 68 valence electrons. The molecule has 0 rings (SSSR count). The lowest BCUT2D eigenvalue weighted by Gasteiger charge is -2.23. The molecule has 0 spiro atoms. The fourth-order valence-electron chi connectivity index (χ4n) is 0.757. The first-order valence-electron chi connectivity index (χ1n) is 4.09. The van der Waals surface area contributed by atoms with Crippen LogP contribution in [0.5, 0.6) is 0 Å². The Balaban J connectivity index is 3.51. The molecule has 0 aromatic rings. The molecule has 0 unspecified atom stereocenters. The van der Waals surface area contributed by atoms with Gasteiger partial charge >= 0.3 is 0 Å². The van der Waals surface area contributed by atoms with Crippen molar-refractivity contribution >= 4 is 9.12 Å². The van der Waals surface area contributed by atoms with Gasteiger partial charge in [-0.15, -0.1) is 0 Å². The van der Waals surface area contributed by atoms with E-state index in [0.717, 1.165) is 6.17 Å². The van der Waals surface area contributed by atoms with Crippen molar-refractivity contribution in [2.75, 3.05) is 20.3 Å². The number of hydrogen-bond acceptors (Lipinski definition) is 3. The lowest BCUT2D eigenvalue weighted by Crippen LogP contribution is -2.54. The molecule has 0 heterocycles. The molecule has 0 radical (unpaired) electrons. The Bertz CT molecular complexity index is 96.3. The maximum atomic E-state index is 3.46. The largest absolute Gasteiger partial charge is 0.330 e. The van der Waals surface area contributed by atoms with Crippen molar-refractivity contribution in [1.82, 2.24) is 15.3 Å². The van der Waals surface area contributed by atoms with E-state index in [1.807, 2.05) is 14.1 Å². The minimum Gasteiger partial charge on any atom is -0.330 e. The van der Waals surface area contributed by atoms with Crippen LogP contribution in [0, 0.1) is 0 Å². The van der Waals surface area contributed by atoms with E-state index in [4.69, 9.17) is 0 Å². The summed E-state index contributed by atoms with van der Waals surface area (Å²) in [6.07, 6.45) is 1.08. The van der Waals surface area contributed by atoms with Gasteiger partial charge < -0.3 is 15.3 Å². The zero-order chi connectivity index (χ0) is 8.91. The summed E-state index contributed by atoms with van der Waals surface area (Å²) in [5.74, 6) is 0. The zero-order valence-corrected chi connectivity index (χ0v) is 9.44. The minimum atomic E-state index is -0.903. The third-order valence-electron chi connectivity index (χ3n) is 1.53. The van der Waals surface area contributed by atoms with Gasteiger partial charge in [-0.25, -0.2) is 0 Å². The Morgan fingerprint density at radius 1 is 1.09 bits per heavy atom. The van der Waals surface area contributed by atoms with Gasteiger partial charge in [-0.2, -0.15) is 0 Å². The first-order chi connectivity index (χ1) is 4.99. The second-order valence-corrected chi connectivity index (χ2v) is 6.43. The predicted molar refractivity (Wildman–Crippen MR) is 53.0 cm³/mol.